The van der Waals surface area contributed by atoms with Crippen molar-refractivity contribution in [1.82, 2.24) is 24.2 Å². The van der Waals surface area contributed by atoms with Gasteiger partial charge in [-0.15, -0.1) is 5.10 Å². The largest absolute Gasteiger partial charge is 0.324 e. The summed E-state index contributed by atoms with van der Waals surface area (Å²) in [6.45, 7) is 7.84. The number of hydrogen-bond acceptors (Lipinski definition) is 6. The van der Waals surface area contributed by atoms with Gasteiger partial charge in [-0.3, -0.25) is 9.69 Å². The Kier molecular flexibility index (Phi) is 6.47. The SMILES string of the molecule is CCN1CCc2c(nnn2CC(=O)Nc2ccc(Br)c(S(=O)(=O)N3CC[C@H](C)C3)c2)C1. The minimum atomic E-state index is -3.63. The molecule has 2 aliphatic rings. The van der Waals surface area contributed by atoms with Crippen molar-refractivity contribution in [3.63, 3.8) is 0 Å². The number of fused-ring (bicyclic) bond motifs is 1. The highest BCUT2D eigenvalue weighted by Gasteiger charge is 2.32. The van der Waals surface area contributed by atoms with E-state index in [2.05, 4.69) is 43.4 Å². The third-order valence-electron chi connectivity index (χ3n) is 5.92. The number of carbonyl (C=O) groups excluding carboxylic acids is 1. The van der Waals surface area contributed by atoms with Gasteiger partial charge in [-0.25, -0.2) is 13.1 Å². The average Bonchev–Trinajstić information content (AvgIpc) is 3.35. The van der Waals surface area contributed by atoms with Crippen LogP contribution in [0, 0.1) is 5.92 Å². The molecule has 0 radical (unpaired) electrons. The lowest BCUT2D eigenvalue weighted by Crippen LogP contribution is -2.31. The Hall–Kier alpha value is -1.82. The number of carbonyl (C=O) groups is 1. The maximum absolute atomic E-state index is 13.1. The predicted octanol–water partition coefficient (Wildman–Crippen LogP) is 2.09. The Bertz CT molecular complexity index is 1090. The summed E-state index contributed by atoms with van der Waals surface area (Å²) in [6, 6.07) is 4.85. The van der Waals surface area contributed by atoms with Crippen LogP contribution in [0.2, 0.25) is 0 Å². The van der Waals surface area contributed by atoms with Gasteiger partial charge in [-0.1, -0.05) is 19.1 Å². The summed E-state index contributed by atoms with van der Waals surface area (Å²) in [5.41, 5.74) is 2.34. The molecule has 11 heteroatoms. The number of nitrogens with one attached hydrogen (secondary N) is 1. The predicted molar refractivity (Wildman–Crippen MR) is 120 cm³/mol. The quantitative estimate of drug-likeness (QED) is 0.638. The summed E-state index contributed by atoms with van der Waals surface area (Å²) in [5.74, 6) is 0.0699. The molecule has 0 bridgehead atoms. The van der Waals surface area contributed by atoms with Crippen molar-refractivity contribution < 1.29 is 13.2 Å². The first-order valence-electron chi connectivity index (χ1n) is 10.5. The third-order valence-corrected chi connectivity index (χ3v) is 8.78. The molecule has 168 valence electrons. The van der Waals surface area contributed by atoms with Gasteiger partial charge in [-0.05, 0) is 53.0 Å². The second kappa shape index (κ2) is 8.97. The molecule has 1 atom stereocenters. The lowest BCUT2D eigenvalue weighted by molar-refractivity contribution is -0.117. The first-order chi connectivity index (χ1) is 14.8. The fourth-order valence-electron chi connectivity index (χ4n) is 4.08. The molecule has 1 aromatic heterocycles. The highest BCUT2D eigenvalue weighted by molar-refractivity contribution is 9.10. The van der Waals surface area contributed by atoms with E-state index in [0.29, 0.717) is 29.2 Å². The molecule has 0 unspecified atom stereocenters. The van der Waals surface area contributed by atoms with Crippen LogP contribution in [0.1, 0.15) is 31.7 Å². The van der Waals surface area contributed by atoms with Gasteiger partial charge in [0.1, 0.15) is 6.54 Å². The number of likely N-dealkylation sites (N-methyl/N-ethyl adjacent to an activating group) is 1. The Morgan fingerprint density at radius 2 is 2.13 bits per heavy atom. The van der Waals surface area contributed by atoms with E-state index >= 15 is 0 Å². The lowest BCUT2D eigenvalue weighted by Gasteiger charge is -2.24. The zero-order valence-electron chi connectivity index (χ0n) is 17.7. The summed E-state index contributed by atoms with van der Waals surface area (Å²) in [6.07, 6.45) is 1.66. The van der Waals surface area contributed by atoms with Crippen LogP contribution in [-0.2, 0) is 34.3 Å². The number of aromatic nitrogens is 3. The summed E-state index contributed by atoms with van der Waals surface area (Å²) < 4.78 is 29.8. The van der Waals surface area contributed by atoms with Crippen molar-refractivity contribution in [2.45, 2.75) is 44.7 Å². The molecule has 9 nitrogen and oxygen atoms in total. The van der Waals surface area contributed by atoms with Gasteiger partial charge in [0.15, 0.2) is 0 Å². The smallest absolute Gasteiger partial charge is 0.246 e. The molecule has 1 fully saturated rings. The van der Waals surface area contributed by atoms with Crippen LogP contribution >= 0.6 is 15.9 Å². The maximum Gasteiger partial charge on any atom is 0.246 e. The van der Waals surface area contributed by atoms with Gasteiger partial charge in [0, 0.05) is 42.8 Å². The van der Waals surface area contributed by atoms with E-state index in [-0.39, 0.29) is 17.3 Å². The molecule has 4 rings (SSSR count). The second-order valence-electron chi connectivity index (χ2n) is 8.21. The third kappa shape index (κ3) is 4.69. The molecule has 3 heterocycles. The number of amides is 1. The minimum absolute atomic E-state index is 0.0379. The zero-order valence-corrected chi connectivity index (χ0v) is 20.1. The van der Waals surface area contributed by atoms with Crippen LogP contribution in [0.25, 0.3) is 0 Å². The van der Waals surface area contributed by atoms with Gasteiger partial charge in [0.25, 0.3) is 0 Å². The van der Waals surface area contributed by atoms with E-state index in [1.165, 1.54) is 10.4 Å². The molecule has 31 heavy (non-hydrogen) atoms. The summed E-state index contributed by atoms with van der Waals surface area (Å²) in [4.78, 5) is 15.1. The second-order valence-corrected chi connectivity index (χ2v) is 11.0. The van der Waals surface area contributed by atoms with E-state index in [0.717, 1.165) is 43.9 Å². The maximum atomic E-state index is 13.1. The number of anilines is 1. The van der Waals surface area contributed by atoms with Crippen molar-refractivity contribution in [3.8, 4) is 0 Å². The molecule has 0 spiro atoms. The van der Waals surface area contributed by atoms with Gasteiger partial charge >= 0.3 is 0 Å². The van der Waals surface area contributed by atoms with Gasteiger partial charge in [0.05, 0.1) is 16.3 Å². The fraction of sp³-hybridized carbons (Fsp3) is 0.550. The number of benzene rings is 1. The normalized spacial score (nSPS) is 20.0. The minimum Gasteiger partial charge on any atom is -0.324 e. The molecule has 2 aliphatic heterocycles. The van der Waals surface area contributed by atoms with Gasteiger partial charge in [-0.2, -0.15) is 4.31 Å². The van der Waals surface area contributed by atoms with E-state index in [1.807, 2.05) is 6.92 Å². The zero-order chi connectivity index (χ0) is 22.2. The van der Waals surface area contributed by atoms with E-state index in [1.54, 1.807) is 16.8 Å². The Morgan fingerprint density at radius 1 is 1.32 bits per heavy atom. The standard InChI is InChI=1S/C20H27BrN6O3S/c1-3-25-8-7-18-17(12-25)23-24-27(18)13-20(28)22-15-4-5-16(21)19(10-15)31(29,30)26-9-6-14(2)11-26/h4-5,10,14H,3,6-9,11-13H2,1-2H3,(H,22,28)/t14-/m0/s1. The summed E-state index contributed by atoms with van der Waals surface area (Å²) in [5, 5.41) is 11.2. The highest BCUT2D eigenvalue weighted by Crippen LogP contribution is 2.31. The lowest BCUT2D eigenvalue weighted by atomic mass is 10.1. The molecular weight excluding hydrogens is 484 g/mol. The van der Waals surface area contributed by atoms with Crippen LogP contribution in [0.4, 0.5) is 5.69 Å². The Morgan fingerprint density at radius 3 is 2.84 bits per heavy atom. The topological polar surface area (TPSA) is 100 Å². The van der Waals surface area contributed by atoms with Gasteiger partial charge < -0.3 is 5.32 Å². The Labute approximate surface area is 191 Å². The molecule has 0 saturated carbocycles. The van der Waals surface area contributed by atoms with Gasteiger partial charge in [0.2, 0.25) is 15.9 Å². The van der Waals surface area contributed by atoms with Crippen molar-refractivity contribution >= 4 is 37.5 Å². The summed E-state index contributed by atoms with van der Waals surface area (Å²) >= 11 is 3.35. The number of halogens is 1. The molecule has 1 amide bonds. The molecular formula is C20H27BrN6O3S. The van der Waals surface area contributed by atoms with Crippen molar-refractivity contribution in [1.29, 1.82) is 0 Å². The molecule has 1 N–H and O–H groups in total. The first-order valence-corrected chi connectivity index (χ1v) is 12.7. The van der Waals surface area contributed by atoms with Crippen molar-refractivity contribution in [3.05, 3.63) is 34.1 Å². The van der Waals surface area contributed by atoms with Crippen LogP contribution in [0.3, 0.4) is 0 Å². The van der Waals surface area contributed by atoms with Crippen LogP contribution in [-0.4, -0.2) is 64.7 Å². The van der Waals surface area contributed by atoms with Crippen molar-refractivity contribution in [2.24, 2.45) is 5.92 Å². The first kappa shape index (κ1) is 22.4. The monoisotopic (exact) mass is 510 g/mol. The Balaban J connectivity index is 1.47. The van der Waals surface area contributed by atoms with Crippen LogP contribution in [0.5, 0.6) is 0 Å². The van der Waals surface area contributed by atoms with Crippen LogP contribution < -0.4 is 5.32 Å². The average molecular weight is 511 g/mol. The van der Waals surface area contributed by atoms with E-state index < -0.39 is 10.0 Å². The number of hydrogen-bond donors (Lipinski definition) is 1. The fourth-order valence-corrected chi connectivity index (χ4v) is 6.61. The molecule has 2 aromatic rings. The summed E-state index contributed by atoms with van der Waals surface area (Å²) in [7, 11) is -3.63. The van der Waals surface area contributed by atoms with E-state index in [9.17, 15) is 13.2 Å². The molecule has 0 aliphatic carbocycles. The molecule has 1 aromatic carbocycles. The number of nitrogens with zero attached hydrogens (tertiary/aromatic N) is 5. The number of rotatable bonds is 6. The van der Waals surface area contributed by atoms with Crippen LogP contribution in [0.15, 0.2) is 27.6 Å². The van der Waals surface area contributed by atoms with Crippen molar-refractivity contribution in [2.75, 3.05) is 31.5 Å². The van der Waals surface area contributed by atoms with E-state index in [4.69, 9.17) is 0 Å². The number of sulfonamides is 1. The highest BCUT2D eigenvalue weighted by atomic mass is 79.9. The molecule has 1 saturated heterocycles.